The van der Waals surface area contributed by atoms with Crippen LogP contribution in [0.3, 0.4) is 0 Å². The lowest BCUT2D eigenvalue weighted by molar-refractivity contribution is 0.0468. The SMILES string of the molecule is COC1CCC2(CC1)Cc1ccc(Oc3cccc(Cl)c3)cc1C2=NC#N. The fourth-order valence-electron chi connectivity index (χ4n) is 4.42. The van der Waals surface area contributed by atoms with E-state index in [0.29, 0.717) is 16.9 Å². The minimum atomic E-state index is -0.0538. The van der Waals surface area contributed by atoms with Crippen LogP contribution in [0, 0.1) is 16.9 Å². The maximum absolute atomic E-state index is 9.29. The summed E-state index contributed by atoms with van der Waals surface area (Å²) in [4.78, 5) is 4.26. The van der Waals surface area contributed by atoms with Crippen molar-refractivity contribution >= 4 is 17.3 Å². The van der Waals surface area contributed by atoms with Crippen molar-refractivity contribution in [3.8, 4) is 17.7 Å². The molecule has 4 nitrogen and oxygen atoms in total. The molecule has 1 saturated carbocycles. The Labute approximate surface area is 164 Å². The molecule has 0 aliphatic heterocycles. The molecule has 138 valence electrons. The van der Waals surface area contributed by atoms with E-state index in [1.165, 1.54) is 5.56 Å². The summed E-state index contributed by atoms with van der Waals surface area (Å²) in [6, 6.07) is 13.4. The van der Waals surface area contributed by atoms with Crippen molar-refractivity contribution < 1.29 is 9.47 Å². The predicted octanol–water partition coefficient (Wildman–Crippen LogP) is 5.53. The number of halogens is 1. The minimum Gasteiger partial charge on any atom is -0.457 e. The van der Waals surface area contributed by atoms with E-state index in [1.54, 1.807) is 13.2 Å². The zero-order valence-electron chi connectivity index (χ0n) is 15.2. The van der Waals surface area contributed by atoms with Gasteiger partial charge in [0.25, 0.3) is 0 Å². The lowest BCUT2D eigenvalue weighted by atomic mass is 9.70. The van der Waals surface area contributed by atoms with Crippen LogP contribution in [0.1, 0.15) is 36.8 Å². The maximum atomic E-state index is 9.29. The first-order valence-electron chi connectivity index (χ1n) is 9.20. The van der Waals surface area contributed by atoms with E-state index < -0.39 is 0 Å². The van der Waals surface area contributed by atoms with Crippen LogP contribution in [0.25, 0.3) is 0 Å². The second-order valence-corrected chi connectivity index (χ2v) is 7.77. The minimum absolute atomic E-state index is 0.0538. The van der Waals surface area contributed by atoms with Gasteiger partial charge in [-0.3, -0.25) is 0 Å². The first kappa shape index (κ1) is 18.0. The Morgan fingerprint density at radius 1 is 1.15 bits per heavy atom. The number of fused-ring (bicyclic) bond motifs is 1. The van der Waals surface area contributed by atoms with Gasteiger partial charge in [0.05, 0.1) is 11.8 Å². The number of rotatable bonds is 3. The smallest absolute Gasteiger partial charge is 0.205 e. The molecule has 0 heterocycles. The predicted molar refractivity (Wildman–Crippen MR) is 106 cm³/mol. The number of ether oxygens (including phenoxy) is 2. The summed E-state index contributed by atoms with van der Waals surface area (Å²) >= 11 is 6.04. The van der Waals surface area contributed by atoms with Crippen LogP contribution in [-0.2, 0) is 11.2 Å². The van der Waals surface area contributed by atoms with Gasteiger partial charge in [-0.25, -0.2) is 0 Å². The number of nitrogens with zero attached hydrogens (tertiary/aromatic N) is 2. The molecule has 2 aromatic carbocycles. The van der Waals surface area contributed by atoms with Gasteiger partial charge in [-0.2, -0.15) is 10.3 Å². The van der Waals surface area contributed by atoms with E-state index in [9.17, 15) is 5.26 Å². The molecule has 2 aliphatic rings. The highest BCUT2D eigenvalue weighted by atomic mass is 35.5. The van der Waals surface area contributed by atoms with Gasteiger partial charge in [0.1, 0.15) is 11.5 Å². The molecule has 0 saturated heterocycles. The van der Waals surface area contributed by atoms with E-state index in [1.807, 2.05) is 36.5 Å². The van der Waals surface area contributed by atoms with Crippen molar-refractivity contribution in [1.29, 1.82) is 5.26 Å². The second-order valence-electron chi connectivity index (χ2n) is 7.33. The van der Waals surface area contributed by atoms with Gasteiger partial charge in [0.2, 0.25) is 6.19 Å². The van der Waals surface area contributed by atoms with Crippen molar-refractivity contribution in [2.24, 2.45) is 10.4 Å². The summed E-state index contributed by atoms with van der Waals surface area (Å²) in [6.45, 7) is 0. The molecule has 4 rings (SSSR count). The van der Waals surface area contributed by atoms with Crippen LogP contribution in [0.15, 0.2) is 47.5 Å². The van der Waals surface area contributed by atoms with Gasteiger partial charge in [-0.15, -0.1) is 0 Å². The van der Waals surface area contributed by atoms with Crippen LogP contribution in [0.2, 0.25) is 5.02 Å². The first-order chi connectivity index (χ1) is 13.1. The van der Waals surface area contributed by atoms with Crippen molar-refractivity contribution in [1.82, 2.24) is 0 Å². The second kappa shape index (κ2) is 7.34. The molecule has 2 aromatic rings. The van der Waals surface area contributed by atoms with Crippen molar-refractivity contribution in [2.75, 3.05) is 7.11 Å². The van der Waals surface area contributed by atoms with E-state index in [0.717, 1.165) is 49.1 Å². The monoisotopic (exact) mass is 380 g/mol. The van der Waals surface area contributed by atoms with Crippen LogP contribution in [0.5, 0.6) is 11.5 Å². The van der Waals surface area contributed by atoms with Gasteiger partial charge in [-0.1, -0.05) is 23.7 Å². The van der Waals surface area contributed by atoms with Gasteiger partial charge in [0, 0.05) is 23.1 Å². The zero-order chi connectivity index (χ0) is 18.9. The quantitative estimate of drug-likeness (QED) is 0.657. The molecule has 0 N–H and O–H groups in total. The summed E-state index contributed by atoms with van der Waals surface area (Å²) in [5.74, 6) is 1.42. The van der Waals surface area contributed by atoms with Crippen molar-refractivity contribution in [3.63, 3.8) is 0 Å². The normalized spacial score (nSPS) is 25.4. The topological polar surface area (TPSA) is 54.6 Å². The molecule has 5 heteroatoms. The largest absolute Gasteiger partial charge is 0.457 e. The summed E-state index contributed by atoms with van der Waals surface area (Å²) in [6.07, 6.45) is 7.24. The number of methoxy groups -OCH3 is 1. The number of hydrogen-bond donors (Lipinski definition) is 0. The lowest BCUT2D eigenvalue weighted by Crippen LogP contribution is -2.35. The van der Waals surface area contributed by atoms with E-state index in [2.05, 4.69) is 11.1 Å². The lowest BCUT2D eigenvalue weighted by Gasteiger charge is -2.36. The molecule has 0 aromatic heterocycles. The zero-order valence-corrected chi connectivity index (χ0v) is 16.0. The highest BCUT2D eigenvalue weighted by molar-refractivity contribution is 6.30. The molecule has 0 atom stereocenters. The van der Waals surface area contributed by atoms with Crippen LogP contribution in [0.4, 0.5) is 0 Å². The fraction of sp³-hybridized carbons (Fsp3) is 0.364. The number of hydrogen-bond acceptors (Lipinski definition) is 4. The van der Waals surface area contributed by atoms with E-state index in [-0.39, 0.29) is 5.41 Å². The summed E-state index contributed by atoms with van der Waals surface area (Å²) in [5.41, 5.74) is 3.12. The Hall–Kier alpha value is -2.35. The summed E-state index contributed by atoms with van der Waals surface area (Å²) in [5, 5.41) is 9.92. The molecule has 0 radical (unpaired) electrons. The van der Waals surface area contributed by atoms with Gasteiger partial charge < -0.3 is 9.47 Å². The Morgan fingerprint density at radius 2 is 1.93 bits per heavy atom. The number of nitriles is 1. The van der Waals surface area contributed by atoms with Crippen LogP contribution < -0.4 is 4.74 Å². The molecule has 1 fully saturated rings. The van der Waals surface area contributed by atoms with Crippen molar-refractivity contribution in [2.45, 2.75) is 38.2 Å². The maximum Gasteiger partial charge on any atom is 0.205 e. The highest BCUT2D eigenvalue weighted by Crippen LogP contribution is 2.49. The number of aliphatic imine (C=N–C) groups is 1. The Morgan fingerprint density at radius 3 is 2.63 bits per heavy atom. The first-order valence-corrected chi connectivity index (χ1v) is 9.58. The Balaban J connectivity index is 1.65. The molecular weight excluding hydrogens is 360 g/mol. The van der Waals surface area contributed by atoms with Crippen molar-refractivity contribution in [3.05, 3.63) is 58.6 Å². The average Bonchev–Trinajstić information content (AvgIpc) is 2.96. The average molecular weight is 381 g/mol. The standard InChI is InChI=1S/C22H21ClN2O2/c1-26-17-7-9-22(10-8-17)13-15-5-6-19(12-20(15)21(22)25-14-24)27-18-4-2-3-16(23)11-18/h2-6,11-12,17H,7-10,13H2,1H3. The van der Waals surface area contributed by atoms with Gasteiger partial charge in [0.15, 0.2) is 0 Å². The van der Waals surface area contributed by atoms with Gasteiger partial charge >= 0.3 is 0 Å². The van der Waals surface area contributed by atoms with Crippen LogP contribution in [-0.4, -0.2) is 18.9 Å². The molecule has 27 heavy (non-hydrogen) atoms. The third-order valence-electron chi connectivity index (χ3n) is 5.78. The molecule has 0 unspecified atom stereocenters. The molecular formula is C22H21ClN2O2. The fourth-order valence-corrected chi connectivity index (χ4v) is 4.60. The third kappa shape index (κ3) is 3.45. The highest BCUT2D eigenvalue weighted by Gasteiger charge is 2.45. The number of benzene rings is 2. The Kier molecular flexibility index (Phi) is 4.90. The molecule has 0 bridgehead atoms. The summed E-state index contributed by atoms with van der Waals surface area (Å²) < 4.78 is 11.5. The molecule has 1 spiro atoms. The Bertz CT molecular complexity index is 924. The molecule has 2 aliphatic carbocycles. The molecule has 0 amide bonds. The summed E-state index contributed by atoms with van der Waals surface area (Å²) in [7, 11) is 1.77. The third-order valence-corrected chi connectivity index (χ3v) is 6.02. The van der Waals surface area contributed by atoms with Gasteiger partial charge in [-0.05, 0) is 68.0 Å². The van der Waals surface area contributed by atoms with Crippen LogP contribution >= 0.6 is 11.6 Å². The van der Waals surface area contributed by atoms with E-state index in [4.69, 9.17) is 21.1 Å². The van der Waals surface area contributed by atoms with E-state index >= 15 is 0 Å².